The molecule has 0 atom stereocenters. The number of rotatable bonds is 8. The molecule has 0 radical (unpaired) electrons. The van der Waals surface area contributed by atoms with Crippen LogP contribution in [0, 0.1) is 0 Å². The molecule has 0 N–H and O–H groups in total. The molecule has 1 saturated carbocycles. The average Bonchev–Trinajstić information content (AvgIpc) is 3.76. The van der Waals surface area contributed by atoms with Crippen LogP contribution >= 0.6 is 11.3 Å². The van der Waals surface area contributed by atoms with Gasteiger partial charge in [-0.2, -0.15) is 0 Å². The molecule has 12 rings (SSSR count). The van der Waals surface area contributed by atoms with Crippen molar-refractivity contribution in [2.45, 2.75) is 38.0 Å². The number of benzene rings is 10. The lowest BCUT2D eigenvalue weighted by atomic mass is 9.80. The number of fused-ring (bicyclic) bond motifs is 5. The Bertz CT molecular complexity index is 3490. The lowest BCUT2D eigenvalue weighted by Gasteiger charge is -2.32. The van der Waals surface area contributed by atoms with Crippen molar-refractivity contribution in [3.05, 3.63) is 224 Å². The number of hydrogen-bond donors (Lipinski definition) is 0. The maximum Gasteiger partial charge on any atom is 0.0546 e. The number of hydrogen-bond acceptors (Lipinski definition) is 2. The van der Waals surface area contributed by atoms with Crippen LogP contribution in [0.4, 0.5) is 17.1 Å². The number of anilines is 3. The van der Waals surface area contributed by atoms with Crippen LogP contribution in [0.3, 0.4) is 0 Å². The van der Waals surface area contributed by atoms with E-state index in [1.54, 1.807) is 0 Å². The zero-order valence-corrected chi connectivity index (χ0v) is 36.6. The van der Waals surface area contributed by atoms with Crippen molar-refractivity contribution in [1.82, 2.24) is 0 Å². The molecule has 1 nitrogen and oxygen atoms in total. The number of nitrogens with zero attached hydrogens (tertiary/aromatic N) is 1. The molecule has 1 aliphatic carbocycles. The Balaban J connectivity index is 1.18. The van der Waals surface area contributed by atoms with Gasteiger partial charge in [-0.05, 0) is 104 Å². The van der Waals surface area contributed by atoms with E-state index in [-0.39, 0.29) is 0 Å². The topological polar surface area (TPSA) is 3.24 Å². The van der Waals surface area contributed by atoms with E-state index in [2.05, 4.69) is 223 Å². The Kier molecular flexibility index (Phi) is 9.88. The molecule has 0 unspecified atom stereocenters. The third kappa shape index (κ3) is 6.69. The molecule has 1 aromatic heterocycles. The van der Waals surface area contributed by atoms with Gasteiger partial charge in [0.2, 0.25) is 0 Å². The van der Waals surface area contributed by atoms with E-state index < -0.39 is 0 Å². The van der Waals surface area contributed by atoms with Crippen molar-refractivity contribution in [2.24, 2.45) is 0 Å². The highest BCUT2D eigenvalue weighted by atomic mass is 32.1. The van der Waals surface area contributed by atoms with Gasteiger partial charge in [-0.15, -0.1) is 11.3 Å². The molecule has 0 spiro atoms. The summed E-state index contributed by atoms with van der Waals surface area (Å²) in [7, 11) is 0. The predicted octanol–water partition coefficient (Wildman–Crippen LogP) is 18.5. The van der Waals surface area contributed by atoms with Crippen molar-refractivity contribution in [3.63, 3.8) is 0 Å². The lowest BCUT2D eigenvalue weighted by molar-refractivity contribution is 0.445. The van der Waals surface area contributed by atoms with Gasteiger partial charge in [-0.1, -0.05) is 207 Å². The molecule has 1 aliphatic rings. The highest BCUT2D eigenvalue weighted by Gasteiger charge is 2.27. The van der Waals surface area contributed by atoms with Crippen molar-refractivity contribution in [1.29, 1.82) is 0 Å². The maximum atomic E-state index is 2.59. The molecule has 1 fully saturated rings. The van der Waals surface area contributed by atoms with Gasteiger partial charge in [-0.3, -0.25) is 0 Å². The zero-order valence-electron chi connectivity index (χ0n) is 35.8. The van der Waals surface area contributed by atoms with Gasteiger partial charge >= 0.3 is 0 Å². The van der Waals surface area contributed by atoms with Crippen molar-refractivity contribution in [3.8, 4) is 44.5 Å². The summed E-state index contributed by atoms with van der Waals surface area (Å²) in [6.45, 7) is 0. The minimum absolute atomic E-state index is 0.561. The SMILES string of the molecule is c1ccc(-c2ccc(-c3cccc4ccccc34)cc2N(c2ccccc2-c2cccc3cccc(C4CCCCC4)c23)c2ccccc2-c2cccc3sc4ccccc4c23)cc1. The van der Waals surface area contributed by atoms with E-state index in [9.17, 15) is 0 Å². The third-order valence-corrected chi connectivity index (χ3v) is 14.8. The fourth-order valence-corrected chi connectivity index (χ4v) is 11.9. The summed E-state index contributed by atoms with van der Waals surface area (Å²) >= 11 is 1.88. The first-order valence-corrected chi connectivity index (χ1v) is 23.7. The number of para-hydroxylation sites is 2. The van der Waals surface area contributed by atoms with Gasteiger partial charge in [0, 0.05) is 36.9 Å². The molecule has 10 aromatic carbocycles. The monoisotopic (exact) mass is 837 g/mol. The number of thiophene rings is 1. The first-order chi connectivity index (χ1) is 31.8. The molecule has 306 valence electrons. The van der Waals surface area contributed by atoms with E-state index in [4.69, 9.17) is 0 Å². The van der Waals surface area contributed by atoms with Crippen LogP contribution in [0.15, 0.2) is 218 Å². The molecule has 1 heterocycles. The van der Waals surface area contributed by atoms with E-state index >= 15 is 0 Å². The molecular formula is C62H47NS. The largest absolute Gasteiger partial charge is 0.309 e. The molecule has 0 bridgehead atoms. The van der Waals surface area contributed by atoms with Gasteiger partial charge < -0.3 is 4.90 Å². The van der Waals surface area contributed by atoms with Gasteiger partial charge in [0.05, 0.1) is 17.1 Å². The van der Waals surface area contributed by atoms with E-state index in [1.807, 2.05) is 11.3 Å². The molecule has 0 saturated heterocycles. The summed E-state index contributed by atoms with van der Waals surface area (Å²) in [5, 5.41) is 7.79. The Morgan fingerprint density at radius 1 is 0.344 bits per heavy atom. The van der Waals surface area contributed by atoms with Crippen LogP contribution in [0.5, 0.6) is 0 Å². The van der Waals surface area contributed by atoms with Crippen molar-refractivity contribution < 1.29 is 0 Å². The Morgan fingerprint density at radius 3 is 1.69 bits per heavy atom. The first-order valence-electron chi connectivity index (χ1n) is 22.9. The quantitative estimate of drug-likeness (QED) is 0.147. The van der Waals surface area contributed by atoms with E-state index in [1.165, 1.54) is 124 Å². The minimum Gasteiger partial charge on any atom is -0.309 e. The van der Waals surface area contributed by atoms with E-state index in [0.29, 0.717) is 5.92 Å². The van der Waals surface area contributed by atoms with Crippen molar-refractivity contribution >= 4 is 70.1 Å². The molecule has 11 aromatic rings. The highest BCUT2D eigenvalue weighted by Crippen LogP contribution is 2.52. The van der Waals surface area contributed by atoms with Gasteiger partial charge in [0.1, 0.15) is 0 Å². The summed E-state index contributed by atoms with van der Waals surface area (Å²) in [5.74, 6) is 0.561. The van der Waals surface area contributed by atoms with Gasteiger partial charge in [0.15, 0.2) is 0 Å². The van der Waals surface area contributed by atoms with Crippen LogP contribution in [0.1, 0.15) is 43.6 Å². The molecule has 0 aliphatic heterocycles. The second-order valence-electron chi connectivity index (χ2n) is 17.4. The highest BCUT2D eigenvalue weighted by molar-refractivity contribution is 7.25. The standard InChI is InChI=1S/C62H47NS/c1-3-19-43(20-4-1)49-40-39-46(48-31-15-24-42-23-7-8-27-47(42)48)41-58(49)63(57-36-13-10-29-52(57)54-34-18-38-60-62(54)55-30-11-14-37-59(55)64-60)56-35-12-9-28-51(56)53-33-17-26-45-25-16-32-50(61(45)53)44-21-5-2-6-22-44/h1,3-4,7-20,23-41,44H,2,5-6,21-22H2. The predicted molar refractivity (Wildman–Crippen MR) is 277 cm³/mol. The summed E-state index contributed by atoms with van der Waals surface area (Å²) in [6.07, 6.45) is 6.43. The third-order valence-electron chi connectivity index (χ3n) is 13.7. The maximum absolute atomic E-state index is 2.59. The van der Waals surface area contributed by atoms with Gasteiger partial charge in [0.25, 0.3) is 0 Å². The first kappa shape index (κ1) is 38.4. The Morgan fingerprint density at radius 2 is 0.906 bits per heavy atom. The summed E-state index contributed by atoms with van der Waals surface area (Å²) in [4.78, 5) is 2.59. The normalized spacial score (nSPS) is 13.2. The lowest BCUT2D eigenvalue weighted by Crippen LogP contribution is -2.14. The smallest absolute Gasteiger partial charge is 0.0546 e. The molecule has 2 heteroatoms. The van der Waals surface area contributed by atoms with Crippen LogP contribution < -0.4 is 4.90 Å². The van der Waals surface area contributed by atoms with Crippen LogP contribution in [-0.4, -0.2) is 0 Å². The van der Waals surface area contributed by atoms with Crippen LogP contribution in [0.2, 0.25) is 0 Å². The molecular weight excluding hydrogens is 791 g/mol. The second kappa shape index (κ2) is 16.5. The molecule has 0 amide bonds. The Hall–Kier alpha value is -7.26. The summed E-state index contributed by atoms with van der Waals surface area (Å²) in [5.41, 5.74) is 14.6. The Labute approximate surface area is 379 Å². The zero-order chi connectivity index (χ0) is 42.4. The van der Waals surface area contributed by atoms with Gasteiger partial charge in [-0.25, -0.2) is 0 Å². The van der Waals surface area contributed by atoms with Crippen LogP contribution in [0.25, 0.3) is 86.2 Å². The fraction of sp³-hybridized carbons (Fsp3) is 0.0968. The minimum atomic E-state index is 0.561. The fourth-order valence-electron chi connectivity index (χ4n) is 10.8. The second-order valence-corrected chi connectivity index (χ2v) is 18.4. The van der Waals surface area contributed by atoms with E-state index in [0.717, 1.165) is 17.1 Å². The summed E-state index contributed by atoms with van der Waals surface area (Å²) < 4.78 is 2.61. The van der Waals surface area contributed by atoms with Crippen molar-refractivity contribution in [2.75, 3.05) is 4.90 Å². The van der Waals surface area contributed by atoms with Crippen LogP contribution in [-0.2, 0) is 0 Å². The molecule has 64 heavy (non-hydrogen) atoms. The average molecular weight is 838 g/mol. The summed E-state index contributed by atoms with van der Waals surface area (Å²) in [6, 6.07) is 81.5.